The van der Waals surface area contributed by atoms with Crippen molar-refractivity contribution in [2.75, 3.05) is 18.4 Å². The van der Waals surface area contributed by atoms with Crippen molar-refractivity contribution in [1.82, 2.24) is 4.90 Å². The van der Waals surface area contributed by atoms with Crippen molar-refractivity contribution in [2.24, 2.45) is 0 Å². The second-order valence-corrected chi connectivity index (χ2v) is 7.40. The molecule has 1 spiro atoms. The van der Waals surface area contributed by atoms with Gasteiger partial charge in [0.15, 0.2) is 0 Å². The van der Waals surface area contributed by atoms with E-state index in [0.29, 0.717) is 0 Å². The van der Waals surface area contributed by atoms with Crippen molar-refractivity contribution in [3.63, 3.8) is 0 Å². The molecule has 1 saturated heterocycles. The number of piperidine rings is 1. The number of fused-ring (bicyclic) bond motifs is 2. The molecular formula is C19H19BrN2O. The van der Waals surface area contributed by atoms with Gasteiger partial charge in [-0.15, -0.1) is 0 Å². The summed E-state index contributed by atoms with van der Waals surface area (Å²) in [7, 11) is 0. The molecule has 1 N–H and O–H groups in total. The molecule has 1 fully saturated rings. The predicted molar refractivity (Wildman–Crippen MR) is 95.4 cm³/mol. The molecule has 0 saturated carbocycles. The lowest BCUT2D eigenvalue weighted by Gasteiger charge is -2.38. The molecule has 0 bridgehead atoms. The Labute approximate surface area is 144 Å². The van der Waals surface area contributed by atoms with E-state index in [-0.39, 0.29) is 11.3 Å². The van der Waals surface area contributed by atoms with Crippen molar-refractivity contribution in [3.8, 4) is 0 Å². The summed E-state index contributed by atoms with van der Waals surface area (Å²) in [5.74, 6) is 0.171. The maximum Gasteiger partial charge on any atom is 0.235 e. The van der Waals surface area contributed by atoms with Crippen LogP contribution < -0.4 is 5.32 Å². The van der Waals surface area contributed by atoms with Gasteiger partial charge in [-0.1, -0.05) is 52.3 Å². The molecule has 0 radical (unpaired) electrons. The summed E-state index contributed by atoms with van der Waals surface area (Å²) in [6, 6.07) is 16.7. The van der Waals surface area contributed by atoms with Crippen LogP contribution in [-0.2, 0) is 16.8 Å². The largest absolute Gasteiger partial charge is 0.325 e. The zero-order valence-corrected chi connectivity index (χ0v) is 14.5. The van der Waals surface area contributed by atoms with Gasteiger partial charge in [-0.25, -0.2) is 0 Å². The number of benzene rings is 2. The minimum Gasteiger partial charge on any atom is -0.325 e. The van der Waals surface area contributed by atoms with Gasteiger partial charge in [-0.3, -0.25) is 9.69 Å². The highest BCUT2D eigenvalue weighted by Crippen LogP contribution is 2.45. The number of carbonyl (C=O) groups is 1. The molecule has 23 heavy (non-hydrogen) atoms. The number of amides is 1. The summed E-state index contributed by atoms with van der Waals surface area (Å²) in [5.41, 5.74) is 3.15. The van der Waals surface area contributed by atoms with E-state index in [1.807, 2.05) is 18.2 Å². The molecule has 0 atom stereocenters. The first-order valence-electron chi connectivity index (χ1n) is 8.05. The average Bonchev–Trinajstić information content (AvgIpc) is 2.82. The zero-order chi connectivity index (χ0) is 15.9. The smallest absolute Gasteiger partial charge is 0.235 e. The van der Waals surface area contributed by atoms with Crippen LogP contribution in [0.25, 0.3) is 0 Å². The summed E-state index contributed by atoms with van der Waals surface area (Å²) >= 11 is 3.48. The van der Waals surface area contributed by atoms with Gasteiger partial charge in [-0.2, -0.15) is 0 Å². The minimum atomic E-state index is -0.330. The van der Waals surface area contributed by atoms with Crippen LogP contribution in [0.15, 0.2) is 53.0 Å². The SMILES string of the molecule is O=C1Nc2cc(Br)ccc2C12CCN(Cc1ccccc1)CC2. The summed E-state index contributed by atoms with van der Waals surface area (Å²) in [5, 5.41) is 3.08. The second-order valence-electron chi connectivity index (χ2n) is 6.49. The van der Waals surface area contributed by atoms with E-state index in [9.17, 15) is 4.79 Å². The van der Waals surface area contributed by atoms with Crippen molar-refractivity contribution in [1.29, 1.82) is 0 Å². The maximum atomic E-state index is 12.6. The third kappa shape index (κ3) is 2.60. The molecule has 0 aromatic heterocycles. The normalized spacial score (nSPS) is 19.6. The first kappa shape index (κ1) is 14.9. The van der Waals surface area contributed by atoms with E-state index in [2.05, 4.69) is 56.5 Å². The number of nitrogens with one attached hydrogen (secondary N) is 1. The molecule has 2 aliphatic rings. The zero-order valence-electron chi connectivity index (χ0n) is 12.9. The fourth-order valence-electron chi connectivity index (χ4n) is 3.83. The Morgan fingerprint density at radius 3 is 2.57 bits per heavy atom. The van der Waals surface area contributed by atoms with E-state index in [1.54, 1.807) is 0 Å². The van der Waals surface area contributed by atoms with Crippen molar-refractivity contribution in [2.45, 2.75) is 24.8 Å². The summed E-state index contributed by atoms with van der Waals surface area (Å²) in [4.78, 5) is 15.1. The molecule has 1 amide bonds. The van der Waals surface area contributed by atoms with Crippen LogP contribution >= 0.6 is 15.9 Å². The molecule has 4 heteroatoms. The highest BCUT2D eigenvalue weighted by Gasteiger charge is 2.48. The third-order valence-electron chi connectivity index (χ3n) is 5.14. The van der Waals surface area contributed by atoms with E-state index in [0.717, 1.165) is 42.6 Å². The summed E-state index contributed by atoms with van der Waals surface area (Å²) in [6.07, 6.45) is 1.78. The molecule has 2 heterocycles. The molecule has 118 valence electrons. The highest BCUT2D eigenvalue weighted by molar-refractivity contribution is 9.10. The van der Waals surface area contributed by atoms with Gasteiger partial charge in [0.05, 0.1) is 5.41 Å². The topological polar surface area (TPSA) is 32.3 Å². The van der Waals surface area contributed by atoms with Gasteiger partial charge in [0.1, 0.15) is 0 Å². The number of hydrogen-bond donors (Lipinski definition) is 1. The van der Waals surface area contributed by atoms with E-state index in [4.69, 9.17) is 0 Å². The van der Waals surface area contributed by atoms with Gasteiger partial charge in [0.25, 0.3) is 0 Å². The Morgan fingerprint density at radius 1 is 1.09 bits per heavy atom. The molecule has 0 aliphatic carbocycles. The standard InChI is InChI=1S/C19H19BrN2O/c20-15-6-7-16-17(12-15)21-18(23)19(16)8-10-22(11-9-19)13-14-4-2-1-3-5-14/h1-7,12H,8-11,13H2,(H,21,23). The van der Waals surface area contributed by atoms with Gasteiger partial charge in [0.2, 0.25) is 5.91 Å². The number of nitrogens with zero attached hydrogens (tertiary/aromatic N) is 1. The van der Waals surface area contributed by atoms with Crippen LogP contribution in [0, 0.1) is 0 Å². The highest BCUT2D eigenvalue weighted by atomic mass is 79.9. The summed E-state index contributed by atoms with van der Waals surface area (Å²) in [6.45, 7) is 2.88. The molecular weight excluding hydrogens is 352 g/mol. The minimum absolute atomic E-state index is 0.171. The van der Waals surface area contributed by atoms with Gasteiger partial charge >= 0.3 is 0 Å². The average molecular weight is 371 g/mol. The number of rotatable bonds is 2. The maximum absolute atomic E-state index is 12.6. The number of likely N-dealkylation sites (tertiary alicyclic amines) is 1. The van der Waals surface area contributed by atoms with Crippen LogP contribution in [0.3, 0.4) is 0 Å². The molecule has 0 unspecified atom stereocenters. The van der Waals surface area contributed by atoms with Gasteiger partial charge in [-0.05, 0) is 49.2 Å². The number of halogens is 1. The molecule has 2 aromatic carbocycles. The molecule has 4 rings (SSSR count). The Bertz CT molecular complexity index is 736. The van der Waals surface area contributed by atoms with E-state index < -0.39 is 0 Å². The van der Waals surface area contributed by atoms with Crippen LogP contribution in [0.2, 0.25) is 0 Å². The number of carbonyl (C=O) groups excluding carboxylic acids is 1. The lowest BCUT2D eigenvalue weighted by molar-refractivity contribution is -0.122. The Morgan fingerprint density at radius 2 is 1.83 bits per heavy atom. The third-order valence-corrected chi connectivity index (χ3v) is 5.63. The Balaban J connectivity index is 1.52. The predicted octanol–water partition coefficient (Wildman–Crippen LogP) is 3.94. The lowest BCUT2D eigenvalue weighted by Crippen LogP contribution is -2.46. The first-order valence-corrected chi connectivity index (χ1v) is 8.84. The molecule has 2 aliphatic heterocycles. The van der Waals surface area contributed by atoms with Crippen LogP contribution in [-0.4, -0.2) is 23.9 Å². The van der Waals surface area contributed by atoms with Crippen LogP contribution in [0.4, 0.5) is 5.69 Å². The van der Waals surface area contributed by atoms with E-state index in [1.165, 1.54) is 11.1 Å². The Hall–Kier alpha value is -1.65. The van der Waals surface area contributed by atoms with Crippen LogP contribution in [0.5, 0.6) is 0 Å². The molecule has 2 aromatic rings. The van der Waals surface area contributed by atoms with Crippen molar-refractivity contribution >= 4 is 27.5 Å². The number of hydrogen-bond acceptors (Lipinski definition) is 2. The monoisotopic (exact) mass is 370 g/mol. The fourth-order valence-corrected chi connectivity index (χ4v) is 4.19. The quantitative estimate of drug-likeness (QED) is 0.868. The summed E-state index contributed by atoms with van der Waals surface area (Å²) < 4.78 is 1.01. The van der Waals surface area contributed by atoms with Crippen molar-refractivity contribution in [3.05, 3.63) is 64.1 Å². The number of anilines is 1. The van der Waals surface area contributed by atoms with Gasteiger partial charge < -0.3 is 5.32 Å². The van der Waals surface area contributed by atoms with Crippen LogP contribution in [0.1, 0.15) is 24.0 Å². The second kappa shape index (κ2) is 5.77. The van der Waals surface area contributed by atoms with Gasteiger partial charge in [0, 0.05) is 16.7 Å². The fraction of sp³-hybridized carbons (Fsp3) is 0.316. The molecule has 3 nitrogen and oxygen atoms in total. The first-order chi connectivity index (χ1) is 11.2. The van der Waals surface area contributed by atoms with Crippen molar-refractivity contribution < 1.29 is 4.79 Å². The van der Waals surface area contributed by atoms with E-state index >= 15 is 0 Å². The lowest BCUT2D eigenvalue weighted by atomic mass is 9.73. The Kier molecular flexibility index (Phi) is 3.74.